The summed E-state index contributed by atoms with van der Waals surface area (Å²) in [5.41, 5.74) is 3.09. The maximum atomic E-state index is 3.85. The van der Waals surface area contributed by atoms with Crippen LogP contribution in [0.4, 0.5) is 0 Å². The predicted molar refractivity (Wildman–Crippen MR) is 71.2 cm³/mol. The second-order valence-corrected chi connectivity index (χ2v) is 7.91. The summed E-state index contributed by atoms with van der Waals surface area (Å²) in [5, 5.41) is 0. The van der Waals surface area contributed by atoms with Crippen molar-refractivity contribution in [2.24, 2.45) is 0 Å². The van der Waals surface area contributed by atoms with E-state index in [0.29, 0.717) is 0 Å². The Hall–Kier alpha value is -0.677. The van der Waals surface area contributed by atoms with Crippen LogP contribution in [0.5, 0.6) is 0 Å². The molecule has 0 aliphatic heterocycles. The molecule has 0 fully saturated rings. The van der Waals surface area contributed by atoms with E-state index >= 15 is 0 Å². The molecule has 0 saturated carbocycles. The van der Waals surface area contributed by atoms with Gasteiger partial charge in [-0.05, 0) is 0 Å². The van der Waals surface area contributed by atoms with Crippen LogP contribution in [0.15, 0.2) is 67.3 Å². The average Bonchev–Trinajstić information content (AvgIpc) is 2.92. The van der Waals surface area contributed by atoms with Gasteiger partial charge in [0, 0.05) is 0 Å². The third kappa shape index (κ3) is 3.16. The minimum atomic E-state index is -0.538. The first kappa shape index (κ1) is 12.8. The van der Waals surface area contributed by atoms with Crippen molar-refractivity contribution < 1.29 is 23.2 Å². The fourth-order valence-corrected chi connectivity index (χ4v) is 5.92. The molecule has 0 N–H and O–H groups in total. The van der Waals surface area contributed by atoms with Gasteiger partial charge in [-0.15, -0.1) is 0 Å². The van der Waals surface area contributed by atoms with Crippen molar-refractivity contribution in [1.82, 2.24) is 0 Å². The van der Waals surface area contributed by atoms with E-state index in [1.807, 2.05) is 12.2 Å². The molecule has 0 aromatic heterocycles. The molecular weight excluding hydrogens is 283 g/mol. The first-order valence-electron chi connectivity index (χ1n) is 6.11. The monoisotopic (exact) mass is 300 g/mol. The maximum absolute atomic E-state index is 3.85. The Morgan fingerprint density at radius 1 is 0.941 bits per heavy atom. The van der Waals surface area contributed by atoms with Crippen LogP contribution >= 0.6 is 0 Å². The van der Waals surface area contributed by atoms with Crippen molar-refractivity contribution >= 4 is 0 Å². The molecule has 0 bridgehead atoms. The summed E-state index contributed by atoms with van der Waals surface area (Å²) in [6, 6.07) is 0. The number of hydrogen-bond acceptors (Lipinski definition) is 0. The Morgan fingerprint density at radius 2 is 1.41 bits per heavy atom. The van der Waals surface area contributed by atoms with Crippen molar-refractivity contribution in [2.75, 3.05) is 0 Å². The molecule has 0 unspecified atom stereocenters. The standard InChI is InChI=1S/2C8H9.Zr/c2*1-2-5-8-6-3-4-7-8;/h2*2-3,6H,1,4-5H2;. The third-order valence-electron chi connectivity index (χ3n) is 3.09. The number of rotatable bonds is 6. The summed E-state index contributed by atoms with van der Waals surface area (Å²) in [7, 11) is 0. The molecule has 1 heteroatoms. The van der Waals surface area contributed by atoms with Crippen LogP contribution in [0.2, 0.25) is 0 Å². The molecule has 0 nitrogen and oxygen atoms in total. The molecule has 0 heterocycles. The normalized spacial score (nSPS) is 18.1. The van der Waals surface area contributed by atoms with Crippen molar-refractivity contribution in [1.29, 1.82) is 0 Å². The molecule has 0 radical (unpaired) electrons. The Morgan fingerprint density at radius 3 is 1.82 bits per heavy atom. The Kier molecular flexibility index (Phi) is 4.74. The fourth-order valence-electron chi connectivity index (χ4n) is 2.24. The molecular formula is C16H18Zr. The third-order valence-corrected chi connectivity index (χ3v) is 7.15. The van der Waals surface area contributed by atoms with E-state index in [9.17, 15) is 0 Å². The predicted octanol–water partition coefficient (Wildman–Crippen LogP) is 4.65. The fraction of sp³-hybridized carbons (Fsp3) is 0.250. The molecule has 86 valence electrons. The van der Waals surface area contributed by atoms with Gasteiger partial charge >= 0.3 is 116 Å². The zero-order valence-electron chi connectivity index (χ0n) is 10.2. The van der Waals surface area contributed by atoms with E-state index in [0.717, 1.165) is 12.8 Å². The second kappa shape index (κ2) is 6.31. The van der Waals surface area contributed by atoms with Gasteiger partial charge in [0.1, 0.15) is 0 Å². The summed E-state index contributed by atoms with van der Waals surface area (Å²) in [6.45, 7) is 7.70. The average molecular weight is 302 g/mol. The Labute approximate surface area is 116 Å². The summed E-state index contributed by atoms with van der Waals surface area (Å²) < 4.78 is 3.49. The van der Waals surface area contributed by atoms with Crippen molar-refractivity contribution in [3.05, 3.63) is 67.3 Å². The van der Waals surface area contributed by atoms with E-state index in [1.165, 1.54) is 12.8 Å². The van der Waals surface area contributed by atoms with Crippen LogP contribution in [-0.2, 0) is 23.2 Å². The van der Waals surface area contributed by atoms with Gasteiger partial charge in [-0.3, -0.25) is 0 Å². The summed E-state index contributed by atoms with van der Waals surface area (Å²) in [4.78, 5) is 0. The number of allylic oxidation sites excluding steroid dienone is 10. The van der Waals surface area contributed by atoms with Crippen molar-refractivity contribution in [3.8, 4) is 0 Å². The van der Waals surface area contributed by atoms with Gasteiger partial charge < -0.3 is 0 Å². The molecule has 0 aromatic rings. The van der Waals surface area contributed by atoms with Gasteiger partial charge in [0.15, 0.2) is 0 Å². The van der Waals surface area contributed by atoms with Gasteiger partial charge in [0.05, 0.1) is 0 Å². The minimum absolute atomic E-state index is 0.538. The first-order chi connectivity index (χ1) is 8.35. The second-order valence-electron chi connectivity index (χ2n) is 4.33. The zero-order chi connectivity index (χ0) is 12.1. The molecule has 2 aliphatic carbocycles. The molecule has 17 heavy (non-hydrogen) atoms. The van der Waals surface area contributed by atoms with Crippen molar-refractivity contribution in [3.63, 3.8) is 0 Å². The molecule has 0 saturated heterocycles. The van der Waals surface area contributed by atoms with E-state index in [4.69, 9.17) is 0 Å². The molecule has 0 amide bonds. The van der Waals surface area contributed by atoms with Crippen LogP contribution in [0.25, 0.3) is 0 Å². The van der Waals surface area contributed by atoms with Gasteiger partial charge in [0.25, 0.3) is 0 Å². The SMILES string of the molecule is C=CCC1=[C]([Zr][C]2=C(CC=C)C=CC2)CC=C1. The van der Waals surface area contributed by atoms with Gasteiger partial charge in [-0.25, -0.2) is 0 Å². The summed E-state index contributed by atoms with van der Waals surface area (Å²) in [5.74, 6) is 0. The zero-order valence-corrected chi connectivity index (χ0v) is 12.7. The van der Waals surface area contributed by atoms with Crippen LogP contribution in [-0.4, -0.2) is 0 Å². The molecule has 2 aliphatic rings. The topological polar surface area (TPSA) is 0 Å². The Balaban J connectivity index is 2.11. The van der Waals surface area contributed by atoms with E-state index in [-0.39, 0.29) is 0 Å². The van der Waals surface area contributed by atoms with Gasteiger partial charge in [-0.2, -0.15) is 0 Å². The van der Waals surface area contributed by atoms with E-state index in [2.05, 4.69) is 37.5 Å². The first-order valence-corrected chi connectivity index (χ1v) is 8.57. The quantitative estimate of drug-likeness (QED) is 0.627. The summed E-state index contributed by atoms with van der Waals surface area (Å²) >= 11 is -0.538. The molecule has 0 aromatic carbocycles. The Bertz CT molecular complexity index is 402. The van der Waals surface area contributed by atoms with Crippen LogP contribution < -0.4 is 0 Å². The van der Waals surface area contributed by atoms with Gasteiger partial charge in [-0.1, -0.05) is 0 Å². The van der Waals surface area contributed by atoms with E-state index in [1.54, 1.807) is 17.7 Å². The van der Waals surface area contributed by atoms with E-state index < -0.39 is 23.2 Å². The van der Waals surface area contributed by atoms with Crippen LogP contribution in [0.3, 0.4) is 0 Å². The molecule has 0 spiro atoms. The molecule has 2 rings (SSSR count). The summed E-state index contributed by atoms with van der Waals surface area (Å²) in [6.07, 6.45) is 17.7. The van der Waals surface area contributed by atoms with Gasteiger partial charge in [0.2, 0.25) is 0 Å². The number of hydrogen-bond donors (Lipinski definition) is 0. The van der Waals surface area contributed by atoms with Crippen LogP contribution in [0.1, 0.15) is 25.7 Å². The van der Waals surface area contributed by atoms with Crippen molar-refractivity contribution in [2.45, 2.75) is 25.7 Å². The van der Waals surface area contributed by atoms with Crippen LogP contribution in [0, 0.1) is 0 Å². The molecule has 0 atom stereocenters.